The van der Waals surface area contributed by atoms with Gasteiger partial charge in [-0.3, -0.25) is 4.79 Å². The van der Waals surface area contributed by atoms with Crippen molar-refractivity contribution in [3.8, 4) is 0 Å². The van der Waals surface area contributed by atoms with E-state index in [2.05, 4.69) is 20.3 Å². The fraction of sp³-hybridized carbons (Fsp3) is 0.308. The van der Waals surface area contributed by atoms with Crippen LogP contribution in [0.15, 0.2) is 39.4 Å². The fourth-order valence-electron chi connectivity index (χ4n) is 1.73. The normalized spacial score (nSPS) is 14.4. The molecule has 0 spiro atoms. The van der Waals surface area contributed by atoms with E-state index < -0.39 is 0 Å². The van der Waals surface area contributed by atoms with Crippen LogP contribution in [0, 0.1) is 0 Å². The van der Waals surface area contributed by atoms with Crippen LogP contribution in [0.25, 0.3) is 0 Å². The van der Waals surface area contributed by atoms with Crippen molar-refractivity contribution in [1.29, 1.82) is 0 Å². The maximum atomic E-state index is 11.3. The smallest absolute Gasteiger partial charge is 0.253 e. The zero-order chi connectivity index (χ0) is 13.9. The Morgan fingerprint density at radius 3 is 2.95 bits per heavy atom. The van der Waals surface area contributed by atoms with E-state index in [0.717, 1.165) is 17.1 Å². The summed E-state index contributed by atoms with van der Waals surface area (Å²) in [6.45, 7) is 0.843. The number of hydrogen-bond acceptors (Lipinski definition) is 6. The molecular weight excluding hydrogens is 274 g/mol. The molecule has 1 fully saturated rings. The lowest BCUT2D eigenvalue weighted by Gasteiger charge is -2.04. The number of pyridine rings is 1. The third kappa shape index (κ3) is 3.58. The molecule has 0 amide bonds. The van der Waals surface area contributed by atoms with Gasteiger partial charge in [-0.15, -0.1) is 0 Å². The maximum Gasteiger partial charge on any atom is 0.253 e. The van der Waals surface area contributed by atoms with E-state index in [1.807, 2.05) is 18.3 Å². The van der Waals surface area contributed by atoms with Crippen molar-refractivity contribution < 1.29 is 0 Å². The molecule has 0 unspecified atom stereocenters. The molecule has 2 aromatic rings. The van der Waals surface area contributed by atoms with Crippen molar-refractivity contribution in [3.05, 3.63) is 40.3 Å². The summed E-state index contributed by atoms with van der Waals surface area (Å²) in [4.78, 5) is 22.3. The van der Waals surface area contributed by atoms with Crippen LogP contribution in [0.2, 0.25) is 0 Å². The topological polar surface area (TPSA) is 96.7 Å². The van der Waals surface area contributed by atoms with Gasteiger partial charge in [0.25, 0.3) is 5.56 Å². The van der Waals surface area contributed by atoms with Gasteiger partial charge in [-0.1, -0.05) is 6.07 Å². The van der Waals surface area contributed by atoms with Gasteiger partial charge in [0.1, 0.15) is 10.8 Å². The highest BCUT2D eigenvalue weighted by molar-refractivity contribution is 7.99. The largest absolute Gasteiger partial charge is 0.383 e. The van der Waals surface area contributed by atoms with Crippen molar-refractivity contribution in [3.63, 3.8) is 0 Å². The molecule has 2 aromatic heterocycles. The number of nitrogens with two attached hydrogens (primary N) is 1. The highest BCUT2D eigenvalue weighted by Crippen LogP contribution is 2.22. The van der Waals surface area contributed by atoms with Crippen molar-refractivity contribution >= 4 is 17.6 Å². The van der Waals surface area contributed by atoms with E-state index in [0.29, 0.717) is 11.2 Å². The predicted molar refractivity (Wildman–Crippen MR) is 77.5 cm³/mol. The highest BCUT2D eigenvalue weighted by atomic mass is 32.2. The van der Waals surface area contributed by atoms with Gasteiger partial charge < -0.3 is 16.0 Å². The third-order valence-electron chi connectivity index (χ3n) is 2.91. The van der Waals surface area contributed by atoms with E-state index in [9.17, 15) is 4.79 Å². The summed E-state index contributed by atoms with van der Waals surface area (Å²) in [5, 5.41) is 4.66. The molecule has 20 heavy (non-hydrogen) atoms. The molecular formula is C13H15N5OS. The van der Waals surface area contributed by atoms with Crippen LogP contribution >= 0.6 is 11.8 Å². The molecule has 0 atom stereocenters. The van der Waals surface area contributed by atoms with Crippen LogP contribution in [0.1, 0.15) is 18.4 Å². The quantitative estimate of drug-likeness (QED) is 0.714. The Labute approximate surface area is 120 Å². The summed E-state index contributed by atoms with van der Waals surface area (Å²) in [5.74, 6) is 0.210. The first-order valence-electron chi connectivity index (χ1n) is 6.42. The Morgan fingerprint density at radius 2 is 2.30 bits per heavy atom. The minimum atomic E-state index is -0.259. The molecule has 0 bridgehead atoms. The Balaban J connectivity index is 1.65. The number of H-pyrrole nitrogens is 1. The van der Waals surface area contributed by atoms with Gasteiger partial charge in [-0.25, -0.2) is 9.97 Å². The Morgan fingerprint density at radius 1 is 1.45 bits per heavy atom. The predicted octanol–water partition coefficient (Wildman–Crippen LogP) is 1.15. The lowest BCUT2D eigenvalue weighted by atomic mass is 10.3. The standard InChI is InChI=1S/C13H15N5OS/c14-10-5-11(19)18-13(17-10)20-12-4-1-8(7-16-12)6-15-9-2-3-9/h1,4-5,7,9,15H,2-3,6H2,(H3,14,17,18,19). The second-order valence-corrected chi connectivity index (χ2v) is 5.75. The molecule has 7 heteroatoms. The lowest BCUT2D eigenvalue weighted by molar-refractivity contribution is 0.685. The average molecular weight is 289 g/mol. The van der Waals surface area contributed by atoms with Crippen molar-refractivity contribution in [2.24, 2.45) is 0 Å². The molecule has 1 saturated carbocycles. The zero-order valence-corrected chi connectivity index (χ0v) is 11.6. The molecule has 104 valence electrons. The molecule has 1 aliphatic carbocycles. The number of hydrogen-bond donors (Lipinski definition) is 3. The second-order valence-electron chi connectivity index (χ2n) is 4.74. The van der Waals surface area contributed by atoms with Gasteiger partial charge in [0.2, 0.25) is 0 Å². The van der Waals surface area contributed by atoms with Crippen LogP contribution in [-0.4, -0.2) is 21.0 Å². The van der Waals surface area contributed by atoms with Gasteiger partial charge >= 0.3 is 0 Å². The first kappa shape index (κ1) is 13.1. The lowest BCUT2D eigenvalue weighted by Crippen LogP contribution is -2.15. The summed E-state index contributed by atoms with van der Waals surface area (Å²) in [7, 11) is 0. The van der Waals surface area contributed by atoms with Gasteiger partial charge in [0.15, 0.2) is 5.16 Å². The number of nitrogens with one attached hydrogen (secondary N) is 2. The summed E-state index contributed by atoms with van der Waals surface area (Å²) >= 11 is 1.28. The SMILES string of the molecule is Nc1cc(=O)[nH]c(Sc2ccc(CNC3CC3)cn2)n1. The van der Waals surface area contributed by atoms with Crippen LogP contribution in [0.3, 0.4) is 0 Å². The summed E-state index contributed by atoms with van der Waals surface area (Å²) in [6.07, 6.45) is 4.38. The molecule has 4 N–H and O–H groups in total. The van der Waals surface area contributed by atoms with Crippen molar-refractivity contribution in [1.82, 2.24) is 20.3 Å². The maximum absolute atomic E-state index is 11.3. The van der Waals surface area contributed by atoms with Gasteiger partial charge in [0.05, 0.1) is 0 Å². The molecule has 2 heterocycles. The first-order chi connectivity index (χ1) is 9.69. The zero-order valence-electron chi connectivity index (χ0n) is 10.8. The van der Waals surface area contributed by atoms with Crippen LogP contribution in [0.5, 0.6) is 0 Å². The Hall–Kier alpha value is -1.86. The number of nitrogen functional groups attached to an aromatic ring is 1. The van der Waals surface area contributed by atoms with Crippen molar-refractivity contribution in [2.75, 3.05) is 5.73 Å². The number of anilines is 1. The summed E-state index contributed by atoms with van der Waals surface area (Å²) in [5.41, 5.74) is 6.43. The number of aromatic nitrogens is 3. The molecule has 6 nitrogen and oxygen atoms in total. The third-order valence-corrected chi connectivity index (χ3v) is 3.75. The van der Waals surface area contributed by atoms with E-state index in [1.165, 1.54) is 30.7 Å². The highest BCUT2D eigenvalue weighted by Gasteiger charge is 2.19. The Kier molecular flexibility index (Phi) is 3.70. The first-order valence-corrected chi connectivity index (χ1v) is 7.24. The molecule has 0 aliphatic heterocycles. The van der Waals surface area contributed by atoms with Gasteiger partial charge in [-0.05, 0) is 36.2 Å². The number of aromatic amines is 1. The van der Waals surface area contributed by atoms with Crippen LogP contribution in [0.4, 0.5) is 5.82 Å². The molecule has 0 saturated heterocycles. The van der Waals surface area contributed by atoms with Crippen molar-refractivity contribution in [2.45, 2.75) is 35.6 Å². The molecule has 0 radical (unpaired) electrons. The molecule has 0 aromatic carbocycles. The minimum Gasteiger partial charge on any atom is -0.383 e. The van der Waals surface area contributed by atoms with Crippen LogP contribution < -0.4 is 16.6 Å². The average Bonchev–Trinajstić information content (AvgIpc) is 3.21. The van der Waals surface area contributed by atoms with E-state index in [1.54, 1.807) is 0 Å². The Bertz CT molecular complexity index is 651. The second kappa shape index (κ2) is 5.64. The minimum absolute atomic E-state index is 0.210. The molecule has 1 aliphatic rings. The summed E-state index contributed by atoms with van der Waals surface area (Å²) in [6, 6.07) is 5.88. The van der Waals surface area contributed by atoms with Gasteiger partial charge in [0, 0.05) is 24.8 Å². The number of rotatable bonds is 5. The monoisotopic (exact) mass is 289 g/mol. The van der Waals surface area contributed by atoms with Crippen LogP contribution in [-0.2, 0) is 6.54 Å². The molecule has 3 rings (SSSR count). The van der Waals surface area contributed by atoms with E-state index >= 15 is 0 Å². The number of nitrogens with zero attached hydrogens (tertiary/aromatic N) is 2. The van der Waals surface area contributed by atoms with E-state index in [4.69, 9.17) is 5.73 Å². The van der Waals surface area contributed by atoms with Gasteiger partial charge in [-0.2, -0.15) is 0 Å². The fourth-order valence-corrected chi connectivity index (χ4v) is 2.47. The van der Waals surface area contributed by atoms with E-state index in [-0.39, 0.29) is 11.4 Å². The summed E-state index contributed by atoms with van der Waals surface area (Å²) < 4.78 is 0.